The fourth-order valence-electron chi connectivity index (χ4n) is 5.31. The fraction of sp³-hybridized carbons (Fsp3) is 0.529. The maximum atomic E-state index is 3.79. The van der Waals surface area contributed by atoms with Crippen molar-refractivity contribution in [3.63, 3.8) is 0 Å². The summed E-state index contributed by atoms with van der Waals surface area (Å²) >= 11 is 0. The smallest absolute Gasteiger partial charge is 0.0249 e. The van der Waals surface area contributed by atoms with E-state index in [1.165, 1.54) is 94.6 Å². The zero-order chi connectivity index (χ0) is 23.8. The number of unbranched alkanes of at least 4 members (excludes halogenated alkanes) is 5. The first-order valence-corrected chi connectivity index (χ1v) is 14.1. The minimum Gasteiger partial charge on any atom is -0.103 e. The molecular formula is C34H46. The van der Waals surface area contributed by atoms with Crippen molar-refractivity contribution in [1.29, 1.82) is 0 Å². The number of allylic oxidation sites excluding steroid dienone is 1. The molecule has 3 rings (SSSR count). The predicted molar refractivity (Wildman–Crippen MR) is 149 cm³/mol. The minimum absolute atomic E-state index is 0.942. The summed E-state index contributed by atoms with van der Waals surface area (Å²) in [5.41, 5.74) is 5.10. The van der Waals surface area contributed by atoms with Crippen molar-refractivity contribution in [2.75, 3.05) is 0 Å². The maximum absolute atomic E-state index is 3.79. The molecule has 0 atom stereocenters. The summed E-state index contributed by atoms with van der Waals surface area (Å²) < 4.78 is 0. The van der Waals surface area contributed by atoms with Gasteiger partial charge in [-0.3, -0.25) is 0 Å². The van der Waals surface area contributed by atoms with Gasteiger partial charge in [-0.15, -0.1) is 6.58 Å². The molecule has 2 aromatic carbocycles. The second-order valence-corrected chi connectivity index (χ2v) is 10.5. The largest absolute Gasteiger partial charge is 0.103 e. The molecule has 1 fully saturated rings. The Morgan fingerprint density at radius 2 is 1.24 bits per heavy atom. The van der Waals surface area contributed by atoms with Gasteiger partial charge in [-0.2, -0.15) is 0 Å². The van der Waals surface area contributed by atoms with Crippen LogP contribution in [0.4, 0.5) is 0 Å². The van der Waals surface area contributed by atoms with Crippen molar-refractivity contribution in [3.8, 4) is 11.8 Å². The van der Waals surface area contributed by atoms with Crippen molar-refractivity contribution in [1.82, 2.24) is 0 Å². The Morgan fingerprint density at radius 1 is 0.676 bits per heavy atom. The Hall–Kier alpha value is -2.26. The zero-order valence-corrected chi connectivity index (χ0v) is 21.7. The van der Waals surface area contributed by atoms with Gasteiger partial charge in [-0.05, 0) is 85.8 Å². The van der Waals surface area contributed by atoms with Gasteiger partial charge in [-0.1, -0.05) is 107 Å². The lowest BCUT2D eigenvalue weighted by Crippen LogP contribution is -2.15. The average Bonchev–Trinajstić information content (AvgIpc) is 2.88. The van der Waals surface area contributed by atoms with Crippen LogP contribution < -0.4 is 0 Å². The van der Waals surface area contributed by atoms with Crippen molar-refractivity contribution >= 4 is 0 Å². The molecule has 0 aromatic heterocycles. The summed E-state index contributed by atoms with van der Waals surface area (Å²) in [6.45, 7) is 6.10. The third-order valence-electron chi connectivity index (χ3n) is 7.66. The molecule has 0 aliphatic heterocycles. The van der Waals surface area contributed by atoms with Crippen LogP contribution in [0.25, 0.3) is 0 Å². The molecule has 0 radical (unpaired) electrons. The third-order valence-corrected chi connectivity index (χ3v) is 7.66. The highest BCUT2D eigenvalue weighted by Crippen LogP contribution is 2.34. The maximum Gasteiger partial charge on any atom is 0.0249 e. The van der Waals surface area contributed by atoms with Crippen molar-refractivity contribution < 1.29 is 0 Å². The first kappa shape index (κ1) is 26.3. The van der Waals surface area contributed by atoms with Gasteiger partial charge in [0.15, 0.2) is 0 Å². The van der Waals surface area contributed by atoms with Crippen LogP contribution in [0.2, 0.25) is 0 Å². The molecule has 0 heteroatoms. The van der Waals surface area contributed by atoms with Gasteiger partial charge >= 0.3 is 0 Å². The van der Waals surface area contributed by atoms with E-state index in [-0.39, 0.29) is 0 Å². The molecule has 182 valence electrons. The lowest BCUT2D eigenvalue weighted by Gasteiger charge is -2.28. The van der Waals surface area contributed by atoms with Gasteiger partial charge in [0, 0.05) is 11.1 Å². The average molecular weight is 455 g/mol. The highest BCUT2D eigenvalue weighted by molar-refractivity contribution is 5.44. The Bertz CT molecular complexity index is 866. The lowest BCUT2D eigenvalue weighted by atomic mass is 9.78. The fourth-order valence-corrected chi connectivity index (χ4v) is 5.31. The SMILES string of the molecule is C=CCCCCCc1ccc(C#Cc2ccc(CCC3CCC(CCCCC)CC3)cc2)cc1. The van der Waals surface area contributed by atoms with Gasteiger partial charge in [0.2, 0.25) is 0 Å². The molecule has 0 nitrogen and oxygen atoms in total. The summed E-state index contributed by atoms with van der Waals surface area (Å²) in [5, 5.41) is 0. The van der Waals surface area contributed by atoms with Crippen LogP contribution >= 0.6 is 0 Å². The van der Waals surface area contributed by atoms with E-state index in [4.69, 9.17) is 0 Å². The van der Waals surface area contributed by atoms with Crippen LogP contribution in [0.5, 0.6) is 0 Å². The molecule has 1 aliphatic carbocycles. The molecule has 0 N–H and O–H groups in total. The summed E-state index contributed by atoms with van der Waals surface area (Å²) in [4.78, 5) is 0. The van der Waals surface area contributed by atoms with E-state index < -0.39 is 0 Å². The second-order valence-electron chi connectivity index (χ2n) is 10.5. The highest BCUT2D eigenvalue weighted by atomic mass is 14.3. The number of benzene rings is 2. The zero-order valence-electron chi connectivity index (χ0n) is 21.7. The Morgan fingerprint density at radius 3 is 1.79 bits per heavy atom. The summed E-state index contributed by atoms with van der Waals surface area (Å²) in [6.07, 6.45) is 22.2. The molecular weight excluding hydrogens is 408 g/mol. The van der Waals surface area contributed by atoms with E-state index in [0.29, 0.717) is 0 Å². The van der Waals surface area contributed by atoms with Crippen LogP contribution in [0.1, 0.15) is 113 Å². The predicted octanol–water partition coefficient (Wildman–Crippen LogP) is 9.69. The van der Waals surface area contributed by atoms with Crippen molar-refractivity contribution in [2.45, 2.75) is 103 Å². The standard InChI is InChI=1S/C34H46/c1-3-5-7-8-10-12-30-15-19-32(20-16-30)22-24-34-27-25-33(26-28-34)23-21-31-17-13-29(14-18-31)11-9-6-4-2/h3,15-16,19-20,25-29,31H,1,4-14,17-18,21,23H2,2H3. The normalized spacial score (nSPS) is 17.7. The van der Waals surface area contributed by atoms with E-state index in [1.54, 1.807) is 0 Å². The van der Waals surface area contributed by atoms with E-state index in [0.717, 1.165) is 35.8 Å². The van der Waals surface area contributed by atoms with Crippen LogP contribution in [0.3, 0.4) is 0 Å². The Balaban J connectivity index is 1.37. The van der Waals surface area contributed by atoms with Crippen molar-refractivity contribution in [2.24, 2.45) is 11.8 Å². The molecule has 0 heterocycles. The third kappa shape index (κ3) is 9.93. The Labute approximate surface area is 210 Å². The van der Waals surface area contributed by atoms with E-state index in [2.05, 4.69) is 73.9 Å². The van der Waals surface area contributed by atoms with Crippen LogP contribution in [-0.2, 0) is 12.8 Å². The van der Waals surface area contributed by atoms with Gasteiger partial charge in [-0.25, -0.2) is 0 Å². The number of aryl methyl sites for hydroxylation is 2. The molecule has 34 heavy (non-hydrogen) atoms. The first-order valence-electron chi connectivity index (χ1n) is 14.1. The summed E-state index contributed by atoms with van der Waals surface area (Å²) in [6, 6.07) is 17.8. The molecule has 1 saturated carbocycles. The number of hydrogen-bond donors (Lipinski definition) is 0. The molecule has 0 unspecified atom stereocenters. The van der Waals surface area contributed by atoms with E-state index in [9.17, 15) is 0 Å². The number of hydrogen-bond acceptors (Lipinski definition) is 0. The van der Waals surface area contributed by atoms with Gasteiger partial charge in [0.05, 0.1) is 0 Å². The topological polar surface area (TPSA) is 0 Å². The molecule has 1 aliphatic rings. The number of rotatable bonds is 13. The molecule has 2 aromatic rings. The van der Waals surface area contributed by atoms with E-state index in [1.807, 2.05) is 6.08 Å². The minimum atomic E-state index is 0.942. The lowest BCUT2D eigenvalue weighted by molar-refractivity contribution is 0.249. The Kier molecular flexibility index (Phi) is 12.1. The molecule has 0 bridgehead atoms. The second kappa shape index (κ2) is 15.6. The quantitative estimate of drug-likeness (QED) is 0.160. The molecule has 0 amide bonds. The molecule has 0 saturated heterocycles. The van der Waals surface area contributed by atoms with Gasteiger partial charge < -0.3 is 0 Å². The van der Waals surface area contributed by atoms with E-state index >= 15 is 0 Å². The summed E-state index contributed by atoms with van der Waals surface area (Å²) in [7, 11) is 0. The monoisotopic (exact) mass is 454 g/mol. The van der Waals surface area contributed by atoms with Crippen molar-refractivity contribution in [3.05, 3.63) is 83.4 Å². The van der Waals surface area contributed by atoms with Crippen LogP contribution in [0, 0.1) is 23.7 Å². The van der Waals surface area contributed by atoms with Gasteiger partial charge in [0.1, 0.15) is 0 Å². The first-order chi connectivity index (χ1) is 16.8. The van der Waals surface area contributed by atoms with Crippen LogP contribution in [0.15, 0.2) is 61.2 Å². The summed E-state index contributed by atoms with van der Waals surface area (Å²) in [5.74, 6) is 8.64. The van der Waals surface area contributed by atoms with Gasteiger partial charge in [0.25, 0.3) is 0 Å². The highest BCUT2D eigenvalue weighted by Gasteiger charge is 2.20. The molecule has 0 spiro atoms. The van der Waals surface area contributed by atoms with Crippen LogP contribution in [-0.4, -0.2) is 0 Å².